The number of ketones is 1. The van der Waals surface area contributed by atoms with Crippen molar-refractivity contribution in [3.8, 4) is 17.2 Å². The van der Waals surface area contributed by atoms with Crippen LogP contribution in [-0.2, 0) is 9.59 Å². The molecule has 0 aliphatic carbocycles. The van der Waals surface area contributed by atoms with Crippen LogP contribution < -0.4 is 14.4 Å². The van der Waals surface area contributed by atoms with E-state index in [9.17, 15) is 14.7 Å². The Morgan fingerprint density at radius 2 is 1.56 bits per heavy atom. The van der Waals surface area contributed by atoms with Crippen molar-refractivity contribution >= 4 is 23.1 Å². The van der Waals surface area contributed by atoms with Crippen molar-refractivity contribution in [2.24, 2.45) is 5.92 Å². The quantitative estimate of drug-likeness (QED) is 0.139. The zero-order valence-corrected chi connectivity index (χ0v) is 23.6. The number of aliphatic hydroxyl groups is 1. The van der Waals surface area contributed by atoms with Gasteiger partial charge < -0.3 is 14.6 Å². The smallest absolute Gasteiger partial charge is 0.300 e. The Hall–Kier alpha value is -4.84. The fourth-order valence-corrected chi connectivity index (χ4v) is 4.92. The molecule has 41 heavy (non-hydrogen) atoms. The average molecular weight is 548 g/mol. The molecule has 1 aliphatic rings. The second kappa shape index (κ2) is 11.7. The molecule has 6 nitrogen and oxygen atoms in total. The van der Waals surface area contributed by atoms with E-state index in [1.165, 1.54) is 4.90 Å². The molecule has 4 aromatic rings. The van der Waals surface area contributed by atoms with Gasteiger partial charge in [-0.25, -0.2) is 0 Å². The van der Waals surface area contributed by atoms with Crippen molar-refractivity contribution in [2.45, 2.75) is 33.7 Å². The molecule has 4 aromatic carbocycles. The van der Waals surface area contributed by atoms with Gasteiger partial charge in [0.25, 0.3) is 11.7 Å². The fraction of sp³-hybridized carbons (Fsp3) is 0.200. The van der Waals surface area contributed by atoms with Crippen molar-refractivity contribution < 1.29 is 24.2 Å². The lowest BCUT2D eigenvalue weighted by atomic mass is 9.94. The number of ether oxygens (including phenoxy) is 2. The molecule has 208 valence electrons. The maximum Gasteiger partial charge on any atom is 0.300 e. The first kappa shape index (κ1) is 27.7. The first-order valence-corrected chi connectivity index (χ1v) is 13.7. The van der Waals surface area contributed by atoms with Gasteiger partial charge in [0.2, 0.25) is 0 Å². The van der Waals surface area contributed by atoms with Crippen LogP contribution in [0.1, 0.15) is 42.1 Å². The van der Waals surface area contributed by atoms with Crippen molar-refractivity contribution in [3.63, 3.8) is 0 Å². The minimum Gasteiger partial charge on any atom is -0.507 e. The van der Waals surface area contributed by atoms with Crippen LogP contribution in [0.2, 0.25) is 0 Å². The number of rotatable bonds is 8. The number of nitrogens with zero attached hydrogens (tertiary/aromatic N) is 1. The summed E-state index contributed by atoms with van der Waals surface area (Å²) in [7, 11) is 0. The third-order valence-electron chi connectivity index (χ3n) is 6.92. The Morgan fingerprint density at radius 3 is 2.22 bits per heavy atom. The predicted molar refractivity (Wildman–Crippen MR) is 160 cm³/mol. The zero-order valence-electron chi connectivity index (χ0n) is 23.6. The first-order valence-electron chi connectivity index (χ1n) is 13.7. The maximum atomic E-state index is 13.6. The number of aliphatic hydroxyl groups excluding tert-OH is 1. The largest absolute Gasteiger partial charge is 0.507 e. The summed E-state index contributed by atoms with van der Waals surface area (Å²) in [6, 6.07) is 28.5. The standard InChI is InChI=1S/C35H33NO5/c1-22(2)21-40-30-18-13-26(20-24(30)4)33(37)31-32(25-10-8-9-23(3)19-25)36(35(39)34(31)38)27-14-16-29(17-15-27)41-28-11-6-5-7-12-28/h5-20,22,32,37H,21H2,1-4H3/b33-31-. The Labute approximate surface area is 240 Å². The lowest BCUT2D eigenvalue weighted by Gasteiger charge is -2.26. The highest BCUT2D eigenvalue weighted by Crippen LogP contribution is 2.43. The normalized spacial score (nSPS) is 16.3. The molecule has 6 heteroatoms. The molecular formula is C35H33NO5. The molecule has 1 unspecified atom stereocenters. The number of hydrogen-bond donors (Lipinski definition) is 1. The number of amides is 1. The van der Waals surface area contributed by atoms with Crippen LogP contribution in [0.4, 0.5) is 5.69 Å². The lowest BCUT2D eigenvalue weighted by molar-refractivity contribution is -0.132. The Bertz CT molecular complexity index is 1610. The predicted octanol–water partition coefficient (Wildman–Crippen LogP) is 7.76. The molecule has 0 saturated carbocycles. The van der Waals surface area contributed by atoms with Gasteiger partial charge in [0, 0.05) is 11.3 Å². The monoisotopic (exact) mass is 547 g/mol. The first-order chi connectivity index (χ1) is 19.7. The second-order valence-electron chi connectivity index (χ2n) is 10.7. The van der Waals surface area contributed by atoms with E-state index in [1.807, 2.05) is 68.4 Å². The second-order valence-corrected chi connectivity index (χ2v) is 10.7. The van der Waals surface area contributed by atoms with E-state index in [2.05, 4.69) is 13.8 Å². The van der Waals surface area contributed by atoms with E-state index in [0.29, 0.717) is 41.0 Å². The van der Waals surface area contributed by atoms with E-state index in [4.69, 9.17) is 9.47 Å². The topological polar surface area (TPSA) is 76.1 Å². The number of benzene rings is 4. The molecule has 1 N–H and O–H groups in total. The van der Waals surface area contributed by atoms with E-state index >= 15 is 0 Å². The average Bonchev–Trinajstić information content (AvgIpc) is 3.23. The summed E-state index contributed by atoms with van der Waals surface area (Å²) < 4.78 is 11.8. The number of para-hydroxylation sites is 1. The van der Waals surface area contributed by atoms with Gasteiger partial charge in [-0.2, -0.15) is 0 Å². The van der Waals surface area contributed by atoms with Crippen LogP contribution in [0.5, 0.6) is 17.2 Å². The van der Waals surface area contributed by atoms with Gasteiger partial charge in [0.15, 0.2) is 0 Å². The minimum atomic E-state index is -0.812. The van der Waals surface area contributed by atoms with E-state index in [1.54, 1.807) is 42.5 Å². The van der Waals surface area contributed by atoms with Crippen LogP contribution in [0.25, 0.3) is 5.76 Å². The van der Waals surface area contributed by atoms with E-state index < -0.39 is 17.7 Å². The molecule has 1 atom stereocenters. The lowest BCUT2D eigenvalue weighted by Crippen LogP contribution is -2.29. The molecule has 1 amide bonds. The summed E-state index contributed by atoms with van der Waals surface area (Å²) in [5, 5.41) is 11.5. The van der Waals surface area contributed by atoms with E-state index in [-0.39, 0.29) is 11.3 Å². The van der Waals surface area contributed by atoms with Crippen LogP contribution in [0, 0.1) is 19.8 Å². The van der Waals surface area contributed by atoms with Gasteiger partial charge >= 0.3 is 0 Å². The summed E-state index contributed by atoms with van der Waals surface area (Å²) in [5.74, 6) is 0.700. The Morgan fingerprint density at radius 1 is 0.854 bits per heavy atom. The summed E-state index contributed by atoms with van der Waals surface area (Å²) in [6.07, 6.45) is 0. The summed E-state index contributed by atoms with van der Waals surface area (Å²) >= 11 is 0. The zero-order chi connectivity index (χ0) is 29.1. The number of carbonyl (C=O) groups excluding carboxylic acids is 2. The fourth-order valence-electron chi connectivity index (χ4n) is 4.92. The third-order valence-corrected chi connectivity index (χ3v) is 6.92. The van der Waals surface area contributed by atoms with Gasteiger partial charge in [-0.05, 0) is 85.5 Å². The van der Waals surface area contributed by atoms with Gasteiger partial charge in [-0.1, -0.05) is 61.9 Å². The molecular weight excluding hydrogens is 514 g/mol. The van der Waals surface area contributed by atoms with Crippen molar-refractivity contribution in [1.82, 2.24) is 0 Å². The molecule has 0 radical (unpaired) electrons. The van der Waals surface area contributed by atoms with Crippen molar-refractivity contribution in [2.75, 3.05) is 11.5 Å². The number of hydrogen-bond acceptors (Lipinski definition) is 5. The molecule has 0 aromatic heterocycles. The van der Waals surface area contributed by atoms with Gasteiger partial charge in [-0.15, -0.1) is 0 Å². The van der Waals surface area contributed by atoms with Gasteiger partial charge in [0.05, 0.1) is 18.2 Å². The number of aryl methyl sites for hydroxylation is 2. The number of anilines is 1. The van der Waals surface area contributed by atoms with Gasteiger partial charge in [0.1, 0.15) is 23.0 Å². The Balaban J connectivity index is 1.55. The molecule has 1 aliphatic heterocycles. The van der Waals surface area contributed by atoms with Crippen LogP contribution >= 0.6 is 0 Å². The minimum absolute atomic E-state index is 0.0421. The highest BCUT2D eigenvalue weighted by Gasteiger charge is 2.47. The summed E-state index contributed by atoms with van der Waals surface area (Å²) in [6.45, 7) is 8.56. The van der Waals surface area contributed by atoms with Crippen molar-refractivity contribution in [1.29, 1.82) is 0 Å². The van der Waals surface area contributed by atoms with Crippen molar-refractivity contribution in [3.05, 3.63) is 125 Å². The van der Waals surface area contributed by atoms with Gasteiger partial charge in [-0.3, -0.25) is 14.5 Å². The molecule has 1 heterocycles. The molecule has 0 bridgehead atoms. The molecule has 1 fully saturated rings. The third kappa shape index (κ3) is 5.87. The van der Waals surface area contributed by atoms with Crippen LogP contribution in [-0.4, -0.2) is 23.4 Å². The number of Topliss-reactive ketones (excluding diaryl/α,β-unsaturated/α-hetero) is 1. The van der Waals surface area contributed by atoms with Crippen LogP contribution in [0.15, 0.2) is 103 Å². The summed E-state index contributed by atoms with van der Waals surface area (Å²) in [4.78, 5) is 28.5. The highest BCUT2D eigenvalue weighted by molar-refractivity contribution is 6.51. The Kier molecular flexibility index (Phi) is 7.92. The number of carbonyl (C=O) groups is 2. The van der Waals surface area contributed by atoms with Crippen LogP contribution in [0.3, 0.4) is 0 Å². The molecule has 5 rings (SSSR count). The molecule has 1 saturated heterocycles. The molecule has 0 spiro atoms. The summed E-state index contributed by atoms with van der Waals surface area (Å²) in [5.41, 5.74) is 3.53. The maximum absolute atomic E-state index is 13.6. The SMILES string of the molecule is Cc1cccc(C2/C(=C(/O)c3ccc(OCC(C)C)c(C)c3)C(=O)C(=O)N2c2ccc(Oc3ccccc3)cc2)c1. The van der Waals surface area contributed by atoms with E-state index in [0.717, 1.165) is 16.7 Å². The highest BCUT2D eigenvalue weighted by atomic mass is 16.5.